The Kier molecular flexibility index (Phi) is 6.05. The molecule has 0 atom stereocenters. The molecule has 0 bridgehead atoms. The number of likely N-dealkylation sites (tertiary alicyclic amines) is 1. The Morgan fingerprint density at radius 2 is 2.00 bits per heavy atom. The molecule has 7 nitrogen and oxygen atoms in total. The normalized spacial score (nSPS) is 14.7. The monoisotopic (exact) mass is 373 g/mol. The Morgan fingerprint density at radius 3 is 2.70 bits per heavy atom. The van der Waals surface area contributed by atoms with Gasteiger partial charge in [-0.25, -0.2) is 19.2 Å². The van der Waals surface area contributed by atoms with E-state index in [2.05, 4.69) is 20.6 Å². The first-order chi connectivity index (χ1) is 13.0. The summed E-state index contributed by atoms with van der Waals surface area (Å²) in [5, 5.41) is 6.51. The number of anilines is 3. The van der Waals surface area contributed by atoms with Gasteiger partial charge < -0.3 is 20.3 Å². The second-order valence-corrected chi connectivity index (χ2v) is 6.43. The molecule has 1 amide bonds. The summed E-state index contributed by atoms with van der Waals surface area (Å²) >= 11 is 0. The SMILES string of the molecule is CCOC(=O)N1CCC(Nc2cc(Nc3cccc(F)c3)nc(C)n2)CC1. The fourth-order valence-electron chi connectivity index (χ4n) is 3.05. The van der Waals surface area contributed by atoms with Crippen molar-refractivity contribution in [2.75, 3.05) is 30.3 Å². The number of rotatable bonds is 5. The zero-order valence-corrected chi connectivity index (χ0v) is 15.5. The third kappa shape index (κ3) is 5.29. The Hall–Kier alpha value is -2.90. The first kappa shape index (κ1) is 18.9. The summed E-state index contributed by atoms with van der Waals surface area (Å²) in [4.78, 5) is 22.3. The van der Waals surface area contributed by atoms with Gasteiger partial charge in [-0.1, -0.05) is 6.07 Å². The van der Waals surface area contributed by atoms with E-state index in [0.717, 1.165) is 12.8 Å². The van der Waals surface area contributed by atoms with E-state index in [0.29, 0.717) is 42.8 Å². The second kappa shape index (κ2) is 8.66. The lowest BCUT2D eigenvalue weighted by molar-refractivity contribution is 0.0983. The van der Waals surface area contributed by atoms with Crippen molar-refractivity contribution in [2.45, 2.75) is 32.7 Å². The Bertz CT molecular complexity index is 793. The zero-order valence-electron chi connectivity index (χ0n) is 15.5. The molecule has 1 aromatic heterocycles. The van der Waals surface area contributed by atoms with Crippen molar-refractivity contribution in [3.63, 3.8) is 0 Å². The number of halogens is 1. The van der Waals surface area contributed by atoms with Gasteiger partial charge in [0, 0.05) is 30.9 Å². The molecular formula is C19H24FN5O2. The number of aryl methyl sites for hydroxylation is 1. The second-order valence-electron chi connectivity index (χ2n) is 6.43. The van der Waals surface area contributed by atoms with Gasteiger partial charge in [-0.15, -0.1) is 0 Å². The maximum absolute atomic E-state index is 13.4. The van der Waals surface area contributed by atoms with Crippen LogP contribution < -0.4 is 10.6 Å². The topological polar surface area (TPSA) is 79.4 Å². The molecule has 0 aliphatic carbocycles. The average Bonchev–Trinajstić information content (AvgIpc) is 2.62. The fraction of sp³-hybridized carbons (Fsp3) is 0.421. The van der Waals surface area contributed by atoms with Crippen LogP contribution >= 0.6 is 0 Å². The molecule has 2 N–H and O–H groups in total. The zero-order chi connectivity index (χ0) is 19.2. The number of benzene rings is 1. The number of nitrogens with zero attached hydrogens (tertiary/aromatic N) is 3. The lowest BCUT2D eigenvalue weighted by atomic mass is 10.1. The minimum atomic E-state index is -0.308. The van der Waals surface area contributed by atoms with Crippen LogP contribution in [0.4, 0.5) is 26.5 Å². The number of aromatic nitrogens is 2. The molecule has 0 saturated carbocycles. The molecule has 27 heavy (non-hydrogen) atoms. The molecule has 2 aromatic rings. The van der Waals surface area contributed by atoms with Crippen molar-refractivity contribution in [1.29, 1.82) is 0 Å². The number of ether oxygens (including phenoxy) is 1. The summed E-state index contributed by atoms with van der Waals surface area (Å²) < 4.78 is 18.4. The van der Waals surface area contributed by atoms with Gasteiger partial charge in [0.25, 0.3) is 0 Å². The van der Waals surface area contributed by atoms with Crippen molar-refractivity contribution in [2.24, 2.45) is 0 Å². The third-order valence-corrected chi connectivity index (χ3v) is 4.31. The van der Waals surface area contributed by atoms with E-state index in [-0.39, 0.29) is 18.0 Å². The van der Waals surface area contributed by atoms with Gasteiger partial charge in [-0.3, -0.25) is 0 Å². The van der Waals surface area contributed by atoms with Crippen molar-refractivity contribution in [3.8, 4) is 0 Å². The van der Waals surface area contributed by atoms with Crippen LogP contribution in [0, 0.1) is 12.7 Å². The van der Waals surface area contributed by atoms with Crippen LogP contribution in [-0.4, -0.2) is 46.7 Å². The van der Waals surface area contributed by atoms with E-state index in [1.165, 1.54) is 12.1 Å². The van der Waals surface area contributed by atoms with Gasteiger partial charge in [-0.05, 0) is 44.9 Å². The Morgan fingerprint density at radius 1 is 1.26 bits per heavy atom. The Balaban J connectivity index is 1.61. The number of hydrogen-bond donors (Lipinski definition) is 2. The molecule has 0 spiro atoms. The average molecular weight is 373 g/mol. The van der Waals surface area contributed by atoms with Crippen molar-refractivity contribution >= 4 is 23.4 Å². The standard InChI is InChI=1S/C19H24FN5O2/c1-3-27-19(26)25-9-7-15(8-10-25)23-17-12-18(22-13(2)21-17)24-16-6-4-5-14(20)11-16/h4-6,11-12,15H,3,7-10H2,1-2H3,(H2,21,22,23,24). The smallest absolute Gasteiger partial charge is 0.409 e. The van der Waals surface area contributed by atoms with Crippen LogP contribution in [0.3, 0.4) is 0 Å². The molecule has 3 rings (SSSR count). The first-order valence-corrected chi connectivity index (χ1v) is 9.10. The van der Waals surface area contributed by atoms with Gasteiger partial charge in [-0.2, -0.15) is 0 Å². The van der Waals surface area contributed by atoms with Crippen molar-refractivity contribution < 1.29 is 13.9 Å². The molecule has 1 aromatic carbocycles. The predicted molar refractivity (Wildman–Crippen MR) is 102 cm³/mol. The molecule has 0 radical (unpaired) electrons. The van der Waals surface area contributed by atoms with Crippen LogP contribution in [0.1, 0.15) is 25.6 Å². The highest BCUT2D eigenvalue weighted by Crippen LogP contribution is 2.21. The highest BCUT2D eigenvalue weighted by atomic mass is 19.1. The van der Waals surface area contributed by atoms with Gasteiger partial charge in [0.2, 0.25) is 0 Å². The highest BCUT2D eigenvalue weighted by Gasteiger charge is 2.23. The largest absolute Gasteiger partial charge is 0.450 e. The van der Waals surface area contributed by atoms with Crippen molar-refractivity contribution in [1.82, 2.24) is 14.9 Å². The molecule has 0 unspecified atom stereocenters. The van der Waals surface area contributed by atoms with Gasteiger partial charge >= 0.3 is 6.09 Å². The molecule has 2 heterocycles. The van der Waals surface area contributed by atoms with E-state index in [9.17, 15) is 9.18 Å². The molecule has 1 saturated heterocycles. The van der Waals surface area contributed by atoms with Crippen LogP contribution in [-0.2, 0) is 4.74 Å². The van der Waals surface area contributed by atoms with E-state index >= 15 is 0 Å². The number of hydrogen-bond acceptors (Lipinski definition) is 6. The molecule has 1 aliphatic heterocycles. The number of carbonyl (C=O) groups is 1. The van der Waals surface area contributed by atoms with Gasteiger partial charge in [0.05, 0.1) is 6.61 Å². The minimum absolute atomic E-state index is 0.215. The summed E-state index contributed by atoms with van der Waals surface area (Å²) in [5.74, 6) is 1.61. The van der Waals surface area contributed by atoms with Crippen LogP contribution in [0.2, 0.25) is 0 Å². The first-order valence-electron chi connectivity index (χ1n) is 9.10. The van der Waals surface area contributed by atoms with Crippen LogP contribution in [0.15, 0.2) is 30.3 Å². The minimum Gasteiger partial charge on any atom is -0.450 e. The lowest BCUT2D eigenvalue weighted by Crippen LogP contribution is -2.42. The van der Waals surface area contributed by atoms with E-state index < -0.39 is 0 Å². The van der Waals surface area contributed by atoms with Gasteiger partial charge in [0.1, 0.15) is 23.3 Å². The maximum atomic E-state index is 13.4. The maximum Gasteiger partial charge on any atom is 0.409 e. The van der Waals surface area contributed by atoms with Crippen molar-refractivity contribution in [3.05, 3.63) is 42.0 Å². The lowest BCUT2D eigenvalue weighted by Gasteiger charge is -2.31. The van der Waals surface area contributed by atoms with E-state index in [1.807, 2.05) is 6.92 Å². The summed E-state index contributed by atoms with van der Waals surface area (Å²) in [6.07, 6.45) is 1.37. The summed E-state index contributed by atoms with van der Waals surface area (Å²) in [7, 11) is 0. The van der Waals surface area contributed by atoms with Crippen LogP contribution in [0.5, 0.6) is 0 Å². The highest BCUT2D eigenvalue weighted by molar-refractivity contribution is 5.67. The summed E-state index contributed by atoms with van der Waals surface area (Å²) in [6, 6.07) is 8.24. The molecule has 1 fully saturated rings. The van der Waals surface area contributed by atoms with Gasteiger partial charge in [0.15, 0.2) is 0 Å². The number of carbonyl (C=O) groups excluding carboxylic acids is 1. The summed E-state index contributed by atoms with van der Waals surface area (Å²) in [6.45, 7) is 5.30. The number of nitrogens with one attached hydrogen (secondary N) is 2. The van der Waals surface area contributed by atoms with E-state index in [1.54, 1.807) is 30.0 Å². The predicted octanol–water partition coefficient (Wildman–Crippen LogP) is 3.70. The number of amides is 1. The fourth-order valence-corrected chi connectivity index (χ4v) is 3.05. The number of piperidine rings is 1. The third-order valence-electron chi connectivity index (χ3n) is 4.31. The Labute approximate surface area is 158 Å². The summed E-state index contributed by atoms with van der Waals surface area (Å²) in [5.41, 5.74) is 0.627. The molecule has 8 heteroatoms. The quantitative estimate of drug-likeness (QED) is 0.832. The van der Waals surface area contributed by atoms with Crippen LogP contribution in [0.25, 0.3) is 0 Å². The molecule has 1 aliphatic rings. The molecular weight excluding hydrogens is 349 g/mol. The molecule has 144 valence electrons. The van der Waals surface area contributed by atoms with E-state index in [4.69, 9.17) is 4.74 Å².